The molecular weight excluding hydrogens is 298 g/mol. The van der Waals surface area contributed by atoms with Crippen LogP contribution in [0.5, 0.6) is 0 Å². The lowest BCUT2D eigenvalue weighted by molar-refractivity contribution is 0.0501. The van der Waals surface area contributed by atoms with E-state index in [-0.39, 0.29) is 17.7 Å². The molecule has 0 bridgehead atoms. The molecule has 1 unspecified atom stereocenters. The minimum atomic E-state index is -0.190. The van der Waals surface area contributed by atoms with Crippen molar-refractivity contribution in [2.45, 2.75) is 50.8 Å². The highest BCUT2D eigenvalue weighted by atomic mass is 16.6. The zero-order valence-electron chi connectivity index (χ0n) is 14.2. The molecule has 1 saturated carbocycles. The smallest absolute Gasteiger partial charge is 0.411 e. The Labute approximate surface area is 143 Å². The standard InChI is InChI=1S/C21H23NO2/c1-3-21-13-19(21)18-12-8-7-11-17(18)15(2)22(21)20(23)24-14-16-9-5-4-6-10-16/h4-12,15,19H,3,13-14H2,1-2H3/t15?,19-,21-/m0/s1. The van der Waals surface area contributed by atoms with Crippen LogP contribution in [0.3, 0.4) is 0 Å². The predicted molar refractivity (Wildman–Crippen MR) is 93.7 cm³/mol. The number of rotatable bonds is 3. The van der Waals surface area contributed by atoms with E-state index in [1.807, 2.05) is 35.2 Å². The molecule has 2 aromatic rings. The third-order valence-electron chi connectivity index (χ3n) is 5.75. The fourth-order valence-corrected chi connectivity index (χ4v) is 4.38. The van der Waals surface area contributed by atoms with E-state index >= 15 is 0 Å². The first-order valence-corrected chi connectivity index (χ1v) is 8.76. The SMILES string of the molecule is CC[C@]12C[C@H]1c1ccccc1C(C)N2C(=O)OCc1ccccc1. The van der Waals surface area contributed by atoms with Gasteiger partial charge in [0.1, 0.15) is 6.61 Å². The Hall–Kier alpha value is -2.29. The van der Waals surface area contributed by atoms with Gasteiger partial charge in [0, 0.05) is 5.92 Å². The molecule has 0 radical (unpaired) electrons. The Morgan fingerprint density at radius 2 is 1.79 bits per heavy atom. The lowest BCUT2D eigenvalue weighted by atomic mass is 9.88. The second-order valence-electron chi connectivity index (χ2n) is 6.93. The molecular formula is C21H23NO2. The molecule has 3 atom stereocenters. The molecule has 24 heavy (non-hydrogen) atoms. The van der Waals surface area contributed by atoms with E-state index in [1.165, 1.54) is 11.1 Å². The van der Waals surface area contributed by atoms with E-state index < -0.39 is 0 Å². The van der Waals surface area contributed by atoms with Crippen molar-refractivity contribution in [2.75, 3.05) is 0 Å². The Kier molecular flexibility index (Phi) is 3.60. The molecule has 0 spiro atoms. The van der Waals surface area contributed by atoms with Crippen LogP contribution in [0, 0.1) is 0 Å². The molecule has 3 nitrogen and oxygen atoms in total. The maximum absolute atomic E-state index is 12.9. The summed E-state index contributed by atoms with van der Waals surface area (Å²) in [7, 11) is 0. The van der Waals surface area contributed by atoms with Gasteiger partial charge in [0.05, 0.1) is 11.6 Å². The van der Waals surface area contributed by atoms with E-state index in [9.17, 15) is 4.79 Å². The minimum Gasteiger partial charge on any atom is -0.445 e. The summed E-state index contributed by atoms with van der Waals surface area (Å²) in [6, 6.07) is 18.5. The Morgan fingerprint density at radius 3 is 2.50 bits per heavy atom. The molecule has 124 valence electrons. The summed E-state index contributed by atoms with van der Waals surface area (Å²) in [4.78, 5) is 14.9. The molecule has 4 rings (SSSR count). The average Bonchev–Trinajstić information content (AvgIpc) is 3.37. The number of carbonyl (C=O) groups excluding carboxylic acids is 1. The van der Waals surface area contributed by atoms with Gasteiger partial charge >= 0.3 is 6.09 Å². The predicted octanol–water partition coefficient (Wildman–Crippen LogP) is 5.04. The lowest BCUT2D eigenvalue weighted by Crippen LogP contribution is -2.47. The zero-order chi connectivity index (χ0) is 16.7. The van der Waals surface area contributed by atoms with Crippen molar-refractivity contribution in [1.29, 1.82) is 0 Å². The van der Waals surface area contributed by atoms with Gasteiger partial charge in [0.2, 0.25) is 0 Å². The molecule has 0 N–H and O–H groups in total. The van der Waals surface area contributed by atoms with Crippen LogP contribution >= 0.6 is 0 Å². The maximum Gasteiger partial charge on any atom is 0.411 e. The largest absolute Gasteiger partial charge is 0.445 e. The van der Waals surface area contributed by atoms with Crippen LogP contribution in [-0.4, -0.2) is 16.5 Å². The fraction of sp³-hybridized carbons (Fsp3) is 0.381. The molecule has 3 heteroatoms. The van der Waals surface area contributed by atoms with Gasteiger partial charge in [0.25, 0.3) is 0 Å². The summed E-state index contributed by atoms with van der Waals surface area (Å²) in [5.41, 5.74) is 3.65. The zero-order valence-corrected chi connectivity index (χ0v) is 14.2. The third-order valence-corrected chi connectivity index (χ3v) is 5.75. The third kappa shape index (κ3) is 2.22. The summed E-state index contributed by atoms with van der Waals surface area (Å²) in [5.74, 6) is 0.458. The second kappa shape index (κ2) is 5.66. The topological polar surface area (TPSA) is 29.5 Å². The lowest BCUT2D eigenvalue weighted by Gasteiger charge is -2.41. The Bertz CT molecular complexity index is 757. The molecule has 2 aliphatic rings. The number of fused-ring (bicyclic) bond motifs is 3. The Balaban J connectivity index is 1.59. The summed E-state index contributed by atoms with van der Waals surface area (Å²) < 4.78 is 5.66. The molecule has 1 fully saturated rings. The number of benzene rings is 2. The van der Waals surface area contributed by atoms with Gasteiger partial charge in [-0.05, 0) is 36.5 Å². The Morgan fingerprint density at radius 1 is 1.12 bits per heavy atom. The van der Waals surface area contributed by atoms with Crippen molar-refractivity contribution < 1.29 is 9.53 Å². The molecule has 1 amide bonds. The first-order chi connectivity index (χ1) is 11.7. The van der Waals surface area contributed by atoms with Gasteiger partial charge in [-0.25, -0.2) is 4.79 Å². The first-order valence-electron chi connectivity index (χ1n) is 8.76. The quantitative estimate of drug-likeness (QED) is 0.793. The van der Waals surface area contributed by atoms with E-state index in [0.717, 1.165) is 18.4 Å². The number of amides is 1. The van der Waals surface area contributed by atoms with Crippen LogP contribution in [0.25, 0.3) is 0 Å². The molecule has 1 aliphatic heterocycles. The van der Waals surface area contributed by atoms with Gasteiger partial charge in [0.15, 0.2) is 0 Å². The number of carbonyl (C=O) groups is 1. The van der Waals surface area contributed by atoms with Crippen molar-refractivity contribution in [3.8, 4) is 0 Å². The first kappa shape index (κ1) is 15.3. The highest BCUT2D eigenvalue weighted by Gasteiger charge is 2.63. The van der Waals surface area contributed by atoms with Crippen LogP contribution in [0.2, 0.25) is 0 Å². The normalized spacial score (nSPS) is 27.2. The number of ether oxygens (including phenoxy) is 1. The van der Waals surface area contributed by atoms with E-state index in [1.54, 1.807) is 0 Å². The van der Waals surface area contributed by atoms with Crippen LogP contribution in [0.15, 0.2) is 54.6 Å². The van der Waals surface area contributed by atoms with Crippen molar-refractivity contribution >= 4 is 6.09 Å². The maximum atomic E-state index is 12.9. The van der Waals surface area contributed by atoms with Crippen LogP contribution in [0.1, 0.15) is 55.3 Å². The molecule has 1 aliphatic carbocycles. The number of hydrogen-bond acceptors (Lipinski definition) is 2. The monoisotopic (exact) mass is 321 g/mol. The molecule has 2 aromatic carbocycles. The minimum absolute atomic E-state index is 0.0540. The fourth-order valence-electron chi connectivity index (χ4n) is 4.38. The van der Waals surface area contributed by atoms with Gasteiger partial charge in [-0.15, -0.1) is 0 Å². The van der Waals surface area contributed by atoms with Crippen molar-refractivity contribution in [2.24, 2.45) is 0 Å². The van der Waals surface area contributed by atoms with Gasteiger partial charge in [-0.3, -0.25) is 4.90 Å². The molecule has 0 saturated heterocycles. The van der Waals surface area contributed by atoms with Gasteiger partial charge in [-0.1, -0.05) is 61.5 Å². The second-order valence-corrected chi connectivity index (χ2v) is 6.93. The van der Waals surface area contributed by atoms with Crippen molar-refractivity contribution in [3.63, 3.8) is 0 Å². The van der Waals surface area contributed by atoms with Gasteiger partial charge < -0.3 is 4.74 Å². The molecule has 0 aromatic heterocycles. The van der Waals surface area contributed by atoms with Crippen molar-refractivity contribution in [1.82, 2.24) is 4.90 Å². The van der Waals surface area contributed by atoms with E-state index in [2.05, 4.69) is 38.1 Å². The molecule has 1 heterocycles. The highest BCUT2D eigenvalue weighted by Crippen LogP contribution is 2.64. The van der Waals surface area contributed by atoms with Crippen molar-refractivity contribution in [3.05, 3.63) is 71.3 Å². The van der Waals surface area contributed by atoms with Gasteiger partial charge in [-0.2, -0.15) is 0 Å². The summed E-state index contributed by atoms with van der Waals surface area (Å²) >= 11 is 0. The average molecular weight is 321 g/mol. The number of nitrogens with zero attached hydrogens (tertiary/aromatic N) is 1. The summed E-state index contributed by atoms with van der Waals surface area (Å²) in [6.07, 6.45) is 1.83. The van der Waals surface area contributed by atoms with Crippen LogP contribution < -0.4 is 0 Å². The van der Waals surface area contributed by atoms with E-state index in [4.69, 9.17) is 4.74 Å². The van der Waals surface area contributed by atoms with Crippen LogP contribution in [-0.2, 0) is 11.3 Å². The summed E-state index contributed by atoms with van der Waals surface area (Å²) in [6.45, 7) is 4.63. The van der Waals surface area contributed by atoms with Crippen LogP contribution in [0.4, 0.5) is 4.79 Å². The van der Waals surface area contributed by atoms with E-state index in [0.29, 0.717) is 12.5 Å². The number of hydrogen-bond donors (Lipinski definition) is 0. The summed E-state index contributed by atoms with van der Waals surface area (Å²) in [5, 5.41) is 0. The highest BCUT2D eigenvalue weighted by molar-refractivity contribution is 5.72.